The Labute approximate surface area is 176 Å². The minimum atomic E-state index is -0.560. The van der Waals surface area contributed by atoms with Gasteiger partial charge in [0.1, 0.15) is 11.5 Å². The van der Waals surface area contributed by atoms with Gasteiger partial charge in [-0.25, -0.2) is 9.59 Å². The summed E-state index contributed by atoms with van der Waals surface area (Å²) < 4.78 is 16.0. The molecule has 0 radical (unpaired) electrons. The molecule has 154 valence electrons. The molecule has 5 heteroatoms. The number of benzene rings is 3. The van der Waals surface area contributed by atoms with E-state index in [-0.39, 0.29) is 18.3 Å². The van der Waals surface area contributed by atoms with E-state index in [0.717, 1.165) is 11.1 Å². The van der Waals surface area contributed by atoms with Crippen LogP contribution < -0.4 is 9.47 Å². The topological polar surface area (TPSA) is 61.8 Å². The zero-order valence-corrected chi connectivity index (χ0v) is 17.0. The fourth-order valence-electron chi connectivity index (χ4n) is 2.69. The number of hydrogen-bond acceptors (Lipinski definition) is 5. The average molecular weight is 404 g/mol. The number of rotatable bonds is 8. The van der Waals surface area contributed by atoms with E-state index in [0.29, 0.717) is 17.9 Å². The van der Waals surface area contributed by atoms with E-state index in [2.05, 4.69) is 0 Å². The lowest BCUT2D eigenvalue weighted by atomic mass is 10.1. The first-order valence-corrected chi connectivity index (χ1v) is 9.77. The van der Waals surface area contributed by atoms with E-state index in [4.69, 9.17) is 14.2 Å². The lowest BCUT2D eigenvalue weighted by molar-refractivity contribution is -0.136. The highest BCUT2D eigenvalue weighted by atomic mass is 16.6. The normalized spacial score (nSPS) is 10.5. The molecule has 0 fully saturated rings. The largest absolute Gasteiger partial charge is 0.482 e. The lowest BCUT2D eigenvalue weighted by Crippen LogP contribution is -2.18. The maximum atomic E-state index is 12.1. The van der Waals surface area contributed by atoms with Gasteiger partial charge in [0.2, 0.25) is 0 Å². The number of carbonyl (C=O) groups is 2. The second kappa shape index (κ2) is 10.3. The maximum absolute atomic E-state index is 12.1. The third-order valence-electron chi connectivity index (χ3n) is 4.17. The molecule has 0 aliphatic carbocycles. The molecule has 3 aromatic rings. The lowest BCUT2D eigenvalue weighted by Gasteiger charge is -2.10. The van der Waals surface area contributed by atoms with Crippen LogP contribution >= 0.6 is 0 Å². The molecule has 0 atom stereocenters. The number of esters is 2. The minimum absolute atomic E-state index is 0.243. The molecule has 0 amide bonds. The molecule has 0 spiro atoms. The van der Waals surface area contributed by atoms with E-state index in [9.17, 15) is 9.59 Å². The standard InChI is InChI=1S/C25H24O5/c1-18(2)16-29-25(27)21-9-6-10-23(15-21)30-24(26)17-28-22-13-11-20(12-14-22)19-7-4-3-5-8-19/h3-15,18H,16-17H2,1-2H3. The first-order chi connectivity index (χ1) is 14.5. The first-order valence-electron chi connectivity index (χ1n) is 9.77. The highest BCUT2D eigenvalue weighted by Crippen LogP contribution is 2.22. The van der Waals surface area contributed by atoms with Crippen LogP contribution in [0.3, 0.4) is 0 Å². The van der Waals surface area contributed by atoms with Gasteiger partial charge < -0.3 is 14.2 Å². The molecule has 0 aliphatic rings. The van der Waals surface area contributed by atoms with Gasteiger partial charge in [-0.1, -0.05) is 62.4 Å². The van der Waals surface area contributed by atoms with Gasteiger partial charge in [0.15, 0.2) is 6.61 Å². The monoisotopic (exact) mass is 404 g/mol. The van der Waals surface area contributed by atoms with Crippen molar-refractivity contribution in [1.82, 2.24) is 0 Å². The predicted octanol–water partition coefficient (Wildman–Crippen LogP) is 5.15. The van der Waals surface area contributed by atoms with Gasteiger partial charge in [0.25, 0.3) is 0 Å². The Morgan fingerprint density at radius 2 is 1.50 bits per heavy atom. The van der Waals surface area contributed by atoms with Crippen molar-refractivity contribution in [3.05, 3.63) is 84.4 Å². The predicted molar refractivity (Wildman–Crippen MR) is 115 cm³/mol. The molecule has 30 heavy (non-hydrogen) atoms. The molecule has 0 aromatic heterocycles. The molecule has 0 heterocycles. The Kier molecular flexibility index (Phi) is 7.22. The van der Waals surface area contributed by atoms with Crippen LogP contribution in [0.5, 0.6) is 11.5 Å². The first kappa shape index (κ1) is 21.1. The summed E-state index contributed by atoms with van der Waals surface area (Å²) in [4.78, 5) is 24.1. The van der Waals surface area contributed by atoms with Crippen molar-refractivity contribution in [3.63, 3.8) is 0 Å². The number of hydrogen-bond donors (Lipinski definition) is 0. The zero-order chi connectivity index (χ0) is 21.3. The van der Waals surface area contributed by atoms with E-state index >= 15 is 0 Å². The summed E-state index contributed by atoms with van der Waals surface area (Å²) >= 11 is 0. The van der Waals surface area contributed by atoms with Crippen LogP contribution in [0.4, 0.5) is 0 Å². The molecule has 3 rings (SSSR count). The van der Waals surface area contributed by atoms with Crippen molar-refractivity contribution >= 4 is 11.9 Å². The second-order valence-corrected chi connectivity index (χ2v) is 7.17. The number of carbonyl (C=O) groups excluding carboxylic acids is 2. The molecular formula is C25H24O5. The zero-order valence-electron chi connectivity index (χ0n) is 17.0. The Morgan fingerprint density at radius 3 is 2.20 bits per heavy atom. The molecule has 0 saturated carbocycles. The van der Waals surface area contributed by atoms with Crippen LogP contribution in [0.1, 0.15) is 24.2 Å². The maximum Gasteiger partial charge on any atom is 0.349 e. The fourth-order valence-corrected chi connectivity index (χ4v) is 2.69. The Hall–Kier alpha value is -3.60. The summed E-state index contributed by atoms with van der Waals surface area (Å²) in [5, 5.41) is 0. The van der Waals surface area contributed by atoms with Crippen molar-refractivity contribution < 1.29 is 23.8 Å². The van der Waals surface area contributed by atoms with Gasteiger partial charge >= 0.3 is 11.9 Å². The van der Waals surface area contributed by atoms with Gasteiger partial charge in [-0.2, -0.15) is 0 Å². The van der Waals surface area contributed by atoms with E-state index < -0.39 is 11.9 Å². The summed E-state index contributed by atoms with van der Waals surface area (Å²) in [6.45, 7) is 4.01. The van der Waals surface area contributed by atoms with Crippen LogP contribution in [0.15, 0.2) is 78.9 Å². The Bertz CT molecular complexity index is 978. The van der Waals surface area contributed by atoms with Crippen molar-refractivity contribution in [3.8, 4) is 22.6 Å². The molecule has 0 bridgehead atoms. The Morgan fingerprint density at radius 1 is 0.800 bits per heavy atom. The molecule has 0 unspecified atom stereocenters. The van der Waals surface area contributed by atoms with Crippen molar-refractivity contribution in [1.29, 1.82) is 0 Å². The fraction of sp³-hybridized carbons (Fsp3) is 0.200. The van der Waals surface area contributed by atoms with Crippen LogP contribution in [0, 0.1) is 5.92 Å². The van der Waals surface area contributed by atoms with Gasteiger partial charge in [-0.05, 0) is 47.4 Å². The summed E-state index contributed by atoms with van der Waals surface area (Å²) in [7, 11) is 0. The average Bonchev–Trinajstić information content (AvgIpc) is 2.77. The van der Waals surface area contributed by atoms with Gasteiger partial charge in [0.05, 0.1) is 12.2 Å². The van der Waals surface area contributed by atoms with E-state index in [1.54, 1.807) is 30.3 Å². The third-order valence-corrected chi connectivity index (χ3v) is 4.17. The quantitative estimate of drug-likeness (QED) is 0.384. The van der Waals surface area contributed by atoms with Gasteiger partial charge in [-0.15, -0.1) is 0 Å². The van der Waals surface area contributed by atoms with Crippen LogP contribution in [0.2, 0.25) is 0 Å². The summed E-state index contributed by atoms with van der Waals surface area (Å²) in [5.74, 6) is 0.0692. The summed E-state index contributed by atoms with van der Waals surface area (Å²) in [5.41, 5.74) is 2.50. The van der Waals surface area contributed by atoms with Gasteiger partial charge in [-0.3, -0.25) is 0 Å². The molecule has 0 aliphatic heterocycles. The van der Waals surface area contributed by atoms with Gasteiger partial charge in [0, 0.05) is 0 Å². The smallest absolute Gasteiger partial charge is 0.349 e. The second-order valence-electron chi connectivity index (χ2n) is 7.17. The minimum Gasteiger partial charge on any atom is -0.482 e. The number of ether oxygens (including phenoxy) is 3. The van der Waals surface area contributed by atoms with Crippen molar-refractivity contribution in [2.75, 3.05) is 13.2 Å². The van der Waals surface area contributed by atoms with Crippen LogP contribution in [0.25, 0.3) is 11.1 Å². The van der Waals surface area contributed by atoms with Crippen LogP contribution in [-0.4, -0.2) is 25.2 Å². The molecule has 3 aromatic carbocycles. The van der Waals surface area contributed by atoms with E-state index in [1.165, 1.54) is 6.07 Å². The summed E-state index contributed by atoms with van der Waals surface area (Å²) in [6, 6.07) is 23.8. The third kappa shape index (κ3) is 6.21. The molecule has 0 saturated heterocycles. The SMILES string of the molecule is CC(C)COC(=O)c1cccc(OC(=O)COc2ccc(-c3ccccc3)cc2)c1. The van der Waals surface area contributed by atoms with Crippen LogP contribution in [-0.2, 0) is 9.53 Å². The van der Waals surface area contributed by atoms with Crippen molar-refractivity contribution in [2.24, 2.45) is 5.92 Å². The molecule has 0 N–H and O–H groups in total. The highest BCUT2D eigenvalue weighted by molar-refractivity contribution is 5.90. The Balaban J connectivity index is 1.52. The van der Waals surface area contributed by atoms with E-state index in [1.807, 2.05) is 56.3 Å². The van der Waals surface area contributed by atoms with Crippen molar-refractivity contribution in [2.45, 2.75) is 13.8 Å². The summed E-state index contributed by atoms with van der Waals surface area (Å²) in [6.07, 6.45) is 0. The molecule has 5 nitrogen and oxygen atoms in total. The molecular weight excluding hydrogens is 380 g/mol. The highest BCUT2D eigenvalue weighted by Gasteiger charge is 2.12.